The number of furan rings is 1. The Labute approximate surface area is 128 Å². The van der Waals surface area contributed by atoms with Gasteiger partial charge in [-0.25, -0.2) is 4.79 Å². The Morgan fingerprint density at radius 1 is 1.32 bits per heavy atom. The average molecular weight is 299 g/mol. The number of hydrogen-bond acceptors (Lipinski definition) is 3. The Morgan fingerprint density at radius 3 is 2.68 bits per heavy atom. The van der Waals surface area contributed by atoms with Crippen molar-refractivity contribution in [3.8, 4) is 0 Å². The van der Waals surface area contributed by atoms with Crippen molar-refractivity contribution < 1.29 is 19.1 Å². The molecule has 1 N–H and O–H groups in total. The first-order valence-corrected chi connectivity index (χ1v) is 7.29. The second-order valence-corrected chi connectivity index (χ2v) is 5.47. The lowest BCUT2D eigenvalue weighted by Gasteiger charge is -2.36. The Balaban J connectivity index is 1.89. The third-order valence-electron chi connectivity index (χ3n) is 4.14. The number of aromatic carboxylic acids is 1. The molecule has 0 radical (unpaired) electrons. The molecule has 1 amide bonds. The molecule has 0 saturated carbocycles. The SMILES string of the molecule is CCC1Cc2ccccc2CN1C(=O)c1cc(C(=O)O)co1. The highest BCUT2D eigenvalue weighted by Crippen LogP contribution is 2.26. The standard InChI is InChI=1S/C17H17NO4/c1-2-14-7-11-5-3-4-6-12(11)9-18(14)16(19)15-8-13(10-22-15)17(20)21/h3-6,8,10,14H,2,7,9H2,1H3,(H,20,21). The summed E-state index contributed by atoms with van der Waals surface area (Å²) in [6, 6.07) is 9.47. The van der Waals surface area contributed by atoms with Crippen molar-refractivity contribution in [1.82, 2.24) is 4.90 Å². The summed E-state index contributed by atoms with van der Waals surface area (Å²) >= 11 is 0. The second kappa shape index (κ2) is 5.67. The fraction of sp³-hybridized carbons (Fsp3) is 0.294. The van der Waals surface area contributed by atoms with Crippen LogP contribution in [0.1, 0.15) is 45.4 Å². The maximum absolute atomic E-state index is 12.7. The van der Waals surface area contributed by atoms with Gasteiger partial charge < -0.3 is 14.4 Å². The molecule has 1 aliphatic rings. The van der Waals surface area contributed by atoms with Crippen LogP contribution in [0.3, 0.4) is 0 Å². The summed E-state index contributed by atoms with van der Waals surface area (Å²) in [5.74, 6) is -1.28. The number of hydrogen-bond donors (Lipinski definition) is 1. The molecule has 3 rings (SSSR count). The van der Waals surface area contributed by atoms with Crippen molar-refractivity contribution in [2.75, 3.05) is 0 Å². The van der Waals surface area contributed by atoms with Crippen molar-refractivity contribution in [3.63, 3.8) is 0 Å². The maximum atomic E-state index is 12.7. The van der Waals surface area contributed by atoms with Crippen LogP contribution in [0.2, 0.25) is 0 Å². The highest BCUT2D eigenvalue weighted by atomic mass is 16.4. The summed E-state index contributed by atoms with van der Waals surface area (Å²) < 4.78 is 5.15. The van der Waals surface area contributed by atoms with Gasteiger partial charge in [0.2, 0.25) is 0 Å². The molecule has 5 heteroatoms. The molecule has 1 aromatic heterocycles. The van der Waals surface area contributed by atoms with Crippen LogP contribution in [0.15, 0.2) is 41.0 Å². The lowest BCUT2D eigenvalue weighted by molar-refractivity contribution is 0.0601. The van der Waals surface area contributed by atoms with Gasteiger partial charge in [0, 0.05) is 18.7 Å². The molecule has 1 unspecified atom stereocenters. The Bertz CT molecular complexity index is 719. The second-order valence-electron chi connectivity index (χ2n) is 5.47. The van der Waals surface area contributed by atoms with Crippen molar-refractivity contribution in [3.05, 3.63) is 59.0 Å². The largest absolute Gasteiger partial charge is 0.478 e. The van der Waals surface area contributed by atoms with E-state index in [1.165, 1.54) is 11.6 Å². The number of carbonyl (C=O) groups excluding carboxylic acids is 1. The minimum atomic E-state index is -1.10. The molecule has 0 fully saturated rings. The zero-order chi connectivity index (χ0) is 15.7. The fourth-order valence-electron chi connectivity index (χ4n) is 2.89. The van der Waals surface area contributed by atoms with Crippen LogP contribution >= 0.6 is 0 Å². The molecule has 5 nitrogen and oxygen atoms in total. The number of benzene rings is 1. The highest BCUT2D eigenvalue weighted by molar-refractivity contribution is 5.95. The summed E-state index contributed by atoms with van der Waals surface area (Å²) in [6.45, 7) is 2.57. The lowest BCUT2D eigenvalue weighted by atomic mass is 9.92. The van der Waals surface area contributed by atoms with E-state index in [2.05, 4.69) is 6.07 Å². The summed E-state index contributed by atoms with van der Waals surface area (Å²) in [6.07, 6.45) is 2.76. The quantitative estimate of drug-likeness (QED) is 0.946. The number of fused-ring (bicyclic) bond motifs is 1. The molecule has 0 aliphatic carbocycles. The molecule has 0 spiro atoms. The topological polar surface area (TPSA) is 70.8 Å². The zero-order valence-electron chi connectivity index (χ0n) is 12.3. The fourth-order valence-corrected chi connectivity index (χ4v) is 2.89. The Kier molecular flexibility index (Phi) is 3.71. The molecule has 2 aromatic rings. The predicted molar refractivity (Wildman–Crippen MR) is 79.8 cm³/mol. The smallest absolute Gasteiger partial charge is 0.338 e. The summed E-state index contributed by atoms with van der Waals surface area (Å²) in [7, 11) is 0. The van der Waals surface area contributed by atoms with Gasteiger partial charge in [0.1, 0.15) is 6.26 Å². The number of carbonyl (C=O) groups is 2. The van der Waals surface area contributed by atoms with E-state index >= 15 is 0 Å². The van der Waals surface area contributed by atoms with E-state index in [1.807, 2.05) is 25.1 Å². The van der Waals surface area contributed by atoms with Crippen LogP contribution in [0, 0.1) is 0 Å². The van der Waals surface area contributed by atoms with Gasteiger partial charge in [-0.2, -0.15) is 0 Å². The first-order valence-electron chi connectivity index (χ1n) is 7.29. The van der Waals surface area contributed by atoms with Gasteiger partial charge in [0.25, 0.3) is 5.91 Å². The molecule has 0 bridgehead atoms. The molecule has 114 valence electrons. The average Bonchev–Trinajstić information content (AvgIpc) is 3.03. The molecule has 2 heterocycles. The lowest BCUT2D eigenvalue weighted by Crippen LogP contribution is -2.43. The van der Waals surface area contributed by atoms with Gasteiger partial charge in [-0.05, 0) is 24.0 Å². The van der Waals surface area contributed by atoms with E-state index in [4.69, 9.17) is 9.52 Å². The van der Waals surface area contributed by atoms with Gasteiger partial charge in [-0.1, -0.05) is 31.2 Å². The Morgan fingerprint density at radius 2 is 2.05 bits per heavy atom. The van der Waals surface area contributed by atoms with Gasteiger partial charge in [-0.3, -0.25) is 4.79 Å². The molecule has 1 aliphatic heterocycles. The van der Waals surface area contributed by atoms with E-state index in [0.29, 0.717) is 6.54 Å². The summed E-state index contributed by atoms with van der Waals surface area (Å²) in [5, 5.41) is 8.93. The number of carboxylic acids is 1. The van der Waals surface area contributed by atoms with Gasteiger partial charge in [-0.15, -0.1) is 0 Å². The van der Waals surface area contributed by atoms with Crippen molar-refractivity contribution in [2.24, 2.45) is 0 Å². The maximum Gasteiger partial charge on any atom is 0.338 e. The van der Waals surface area contributed by atoms with Crippen molar-refractivity contribution >= 4 is 11.9 Å². The molecule has 1 atom stereocenters. The first kappa shape index (κ1) is 14.4. The predicted octanol–water partition coefficient (Wildman–Crippen LogP) is 2.95. The van der Waals surface area contributed by atoms with E-state index in [-0.39, 0.29) is 23.3 Å². The van der Waals surface area contributed by atoms with Gasteiger partial charge >= 0.3 is 5.97 Å². The van der Waals surface area contributed by atoms with E-state index < -0.39 is 5.97 Å². The monoisotopic (exact) mass is 299 g/mol. The number of carboxylic acid groups (broad SMARTS) is 1. The molecular formula is C17H17NO4. The number of nitrogens with zero attached hydrogens (tertiary/aromatic N) is 1. The van der Waals surface area contributed by atoms with E-state index in [1.54, 1.807) is 4.90 Å². The minimum absolute atomic E-state index is 0.00573. The van der Waals surface area contributed by atoms with E-state index in [9.17, 15) is 9.59 Å². The Hall–Kier alpha value is -2.56. The molecule has 0 saturated heterocycles. The third kappa shape index (κ3) is 2.50. The van der Waals surface area contributed by atoms with Crippen LogP contribution < -0.4 is 0 Å². The highest BCUT2D eigenvalue weighted by Gasteiger charge is 2.30. The summed E-state index contributed by atoms with van der Waals surface area (Å²) in [4.78, 5) is 25.3. The number of rotatable bonds is 3. The minimum Gasteiger partial charge on any atom is -0.478 e. The van der Waals surface area contributed by atoms with Crippen LogP contribution in [-0.2, 0) is 13.0 Å². The normalized spacial score (nSPS) is 17.1. The summed E-state index contributed by atoms with van der Waals surface area (Å²) in [5.41, 5.74) is 2.39. The van der Waals surface area contributed by atoms with Crippen molar-refractivity contribution in [2.45, 2.75) is 32.4 Å². The van der Waals surface area contributed by atoms with Crippen LogP contribution in [-0.4, -0.2) is 27.9 Å². The van der Waals surface area contributed by atoms with Gasteiger partial charge in [0.05, 0.1) is 5.56 Å². The van der Waals surface area contributed by atoms with E-state index in [0.717, 1.165) is 24.7 Å². The van der Waals surface area contributed by atoms with Crippen LogP contribution in [0.5, 0.6) is 0 Å². The third-order valence-corrected chi connectivity index (χ3v) is 4.14. The molecular weight excluding hydrogens is 282 g/mol. The van der Waals surface area contributed by atoms with Crippen LogP contribution in [0.25, 0.3) is 0 Å². The first-order chi connectivity index (χ1) is 10.6. The van der Waals surface area contributed by atoms with Crippen molar-refractivity contribution in [1.29, 1.82) is 0 Å². The molecule has 1 aromatic carbocycles. The number of amides is 1. The molecule has 22 heavy (non-hydrogen) atoms. The zero-order valence-corrected chi connectivity index (χ0v) is 12.3. The van der Waals surface area contributed by atoms with Crippen LogP contribution in [0.4, 0.5) is 0 Å². The van der Waals surface area contributed by atoms with Gasteiger partial charge in [0.15, 0.2) is 5.76 Å².